The summed E-state index contributed by atoms with van der Waals surface area (Å²) >= 11 is 0. The van der Waals surface area contributed by atoms with E-state index in [2.05, 4.69) is 44.3 Å². The molecule has 1 aromatic carbocycles. The first-order valence-electron chi connectivity index (χ1n) is 7.59. The molecule has 2 aromatic rings. The van der Waals surface area contributed by atoms with Crippen molar-refractivity contribution in [1.29, 1.82) is 0 Å². The Hall–Kier alpha value is -1.74. The van der Waals surface area contributed by atoms with Gasteiger partial charge in [0.25, 0.3) is 0 Å². The quantitative estimate of drug-likeness (QED) is 0.772. The fourth-order valence-corrected chi connectivity index (χ4v) is 2.32. The van der Waals surface area contributed by atoms with Crippen LogP contribution in [0.5, 0.6) is 5.75 Å². The van der Waals surface area contributed by atoms with Gasteiger partial charge in [-0.3, -0.25) is 0 Å². The fourth-order valence-electron chi connectivity index (χ4n) is 2.32. The first kappa shape index (κ1) is 15.6. The number of rotatable bonds is 7. The number of hydrogen-bond donors (Lipinski definition) is 1. The van der Waals surface area contributed by atoms with Crippen LogP contribution in [-0.4, -0.2) is 6.54 Å². The Morgan fingerprint density at radius 1 is 1.14 bits per heavy atom. The third-order valence-electron chi connectivity index (χ3n) is 3.51. The lowest BCUT2D eigenvalue weighted by molar-refractivity contribution is 0.301. The van der Waals surface area contributed by atoms with Gasteiger partial charge in [-0.15, -0.1) is 0 Å². The zero-order valence-corrected chi connectivity index (χ0v) is 13.5. The van der Waals surface area contributed by atoms with E-state index in [0.29, 0.717) is 6.61 Å². The highest BCUT2D eigenvalue weighted by atomic mass is 16.5. The van der Waals surface area contributed by atoms with Crippen LogP contribution in [-0.2, 0) is 13.2 Å². The number of nitrogens with one attached hydrogen (secondary N) is 1. The molecule has 1 aromatic heterocycles. The van der Waals surface area contributed by atoms with Crippen LogP contribution in [0.1, 0.15) is 41.6 Å². The molecule has 0 aliphatic carbocycles. The molecular formula is C18H25NO2. The summed E-state index contributed by atoms with van der Waals surface area (Å²) in [5, 5.41) is 3.35. The van der Waals surface area contributed by atoms with E-state index in [0.717, 1.165) is 42.3 Å². The lowest BCUT2D eigenvalue weighted by Crippen LogP contribution is -2.13. The average Bonchev–Trinajstić information content (AvgIpc) is 2.79. The smallest absolute Gasteiger partial charge is 0.122 e. The first-order valence-corrected chi connectivity index (χ1v) is 7.59. The van der Waals surface area contributed by atoms with Crippen molar-refractivity contribution in [3.63, 3.8) is 0 Å². The van der Waals surface area contributed by atoms with Gasteiger partial charge in [0, 0.05) is 5.56 Å². The molecule has 21 heavy (non-hydrogen) atoms. The van der Waals surface area contributed by atoms with Crippen LogP contribution in [0.15, 0.2) is 28.7 Å². The van der Waals surface area contributed by atoms with Gasteiger partial charge in [0.15, 0.2) is 0 Å². The van der Waals surface area contributed by atoms with Crippen molar-refractivity contribution < 1.29 is 9.15 Å². The zero-order chi connectivity index (χ0) is 15.2. The van der Waals surface area contributed by atoms with Gasteiger partial charge in [-0.25, -0.2) is 0 Å². The summed E-state index contributed by atoms with van der Waals surface area (Å²) in [4.78, 5) is 0. The van der Waals surface area contributed by atoms with E-state index in [9.17, 15) is 0 Å². The molecule has 0 atom stereocenters. The van der Waals surface area contributed by atoms with Crippen LogP contribution in [0.3, 0.4) is 0 Å². The second kappa shape index (κ2) is 7.32. The minimum atomic E-state index is 0.549. The predicted octanol–water partition coefficient (Wildman–Crippen LogP) is 4.28. The molecule has 0 unspecified atom stereocenters. The third-order valence-corrected chi connectivity index (χ3v) is 3.51. The van der Waals surface area contributed by atoms with E-state index < -0.39 is 0 Å². The lowest BCUT2D eigenvalue weighted by Gasteiger charge is -2.09. The van der Waals surface area contributed by atoms with Crippen LogP contribution in [0.2, 0.25) is 0 Å². The Morgan fingerprint density at radius 2 is 1.95 bits per heavy atom. The third kappa shape index (κ3) is 4.36. The SMILES string of the molecule is CCCNCc1cc(COc2ccc(C)cc2C)c(C)o1. The summed E-state index contributed by atoms with van der Waals surface area (Å²) in [6, 6.07) is 8.33. The number of aryl methyl sites for hydroxylation is 3. The largest absolute Gasteiger partial charge is 0.489 e. The predicted molar refractivity (Wildman–Crippen MR) is 85.7 cm³/mol. The Labute approximate surface area is 127 Å². The molecule has 0 spiro atoms. The number of furan rings is 1. The Balaban J connectivity index is 1.96. The van der Waals surface area contributed by atoms with Crippen molar-refractivity contribution in [3.8, 4) is 5.75 Å². The molecular weight excluding hydrogens is 262 g/mol. The zero-order valence-electron chi connectivity index (χ0n) is 13.5. The van der Waals surface area contributed by atoms with Gasteiger partial charge in [-0.1, -0.05) is 24.6 Å². The summed E-state index contributed by atoms with van der Waals surface area (Å²) in [6.07, 6.45) is 1.13. The van der Waals surface area contributed by atoms with Gasteiger partial charge in [-0.2, -0.15) is 0 Å². The highest BCUT2D eigenvalue weighted by Gasteiger charge is 2.09. The number of benzene rings is 1. The van der Waals surface area contributed by atoms with E-state index in [1.54, 1.807) is 0 Å². The Morgan fingerprint density at radius 3 is 2.67 bits per heavy atom. The van der Waals surface area contributed by atoms with Crippen molar-refractivity contribution in [3.05, 3.63) is 52.5 Å². The van der Waals surface area contributed by atoms with Gasteiger partial charge < -0.3 is 14.5 Å². The van der Waals surface area contributed by atoms with Gasteiger partial charge in [-0.05, 0) is 51.4 Å². The minimum absolute atomic E-state index is 0.549. The van der Waals surface area contributed by atoms with Gasteiger partial charge in [0.2, 0.25) is 0 Å². The number of hydrogen-bond acceptors (Lipinski definition) is 3. The van der Waals surface area contributed by atoms with E-state index in [1.807, 2.05) is 13.0 Å². The molecule has 0 radical (unpaired) electrons. The monoisotopic (exact) mass is 287 g/mol. The summed E-state index contributed by atoms with van der Waals surface area (Å²) in [5.41, 5.74) is 3.54. The summed E-state index contributed by atoms with van der Waals surface area (Å²) in [7, 11) is 0. The second-order valence-electron chi connectivity index (χ2n) is 5.53. The van der Waals surface area contributed by atoms with Crippen LogP contribution in [0.25, 0.3) is 0 Å². The first-order chi connectivity index (χ1) is 10.1. The molecule has 3 heteroatoms. The van der Waals surface area contributed by atoms with Crippen molar-refractivity contribution in [1.82, 2.24) is 5.32 Å². The van der Waals surface area contributed by atoms with Gasteiger partial charge in [0.05, 0.1) is 6.54 Å². The van der Waals surface area contributed by atoms with E-state index in [4.69, 9.17) is 9.15 Å². The second-order valence-corrected chi connectivity index (χ2v) is 5.53. The average molecular weight is 287 g/mol. The lowest BCUT2D eigenvalue weighted by atomic mass is 10.1. The highest BCUT2D eigenvalue weighted by molar-refractivity contribution is 5.36. The summed E-state index contributed by atoms with van der Waals surface area (Å²) in [5.74, 6) is 2.85. The molecule has 0 saturated carbocycles. The number of ether oxygens (including phenoxy) is 1. The van der Waals surface area contributed by atoms with Crippen LogP contribution >= 0.6 is 0 Å². The van der Waals surface area contributed by atoms with E-state index >= 15 is 0 Å². The summed E-state index contributed by atoms with van der Waals surface area (Å²) in [6.45, 7) is 10.6. The van der Waals surface area contributed by atoms with Crippen LogP contribution in [0.4, 0.5) is 0 Å². The molecule has 1 heterocycles. The van der Waals surface area contributed by atoms with E-state index in [1.165, 1.54) is 11.1 Å². The van der Waals surface area contributed by atoms with Crippen molar-refractivity contribution >= 4 is 0 Å². The minimum Gasteiger partial charge on any atom is -0.489 e. The molecule has 0 fully saturated rings. The fraction of sp³-hybridized carbons (Fsp3) is 0.444. The summed E-state index contributed by atoms with van der Waals surface area (Å²) < 4.78 is 11.7. The molecule has 0 amide bonds. The molecule has 2 rings (SSSR count). The maximum absolute atomic E-state index is 5.92. The van der Waals surface area contributed by atoms with Crippen LogP contribution in [0, 0.1) is 20.8 Å². The molecule has 0 aliphatic rings. The van der Waals surface area contributed by atoms with Crippen molar-refractivity contribution in [2.75, 3.05) is 6.54 Å². The Bertz CT molecular complexity index is 587. The van der Waals surface area contributed by atoms with Crippen molar-refractivity contribution in [2.45, 2.75) is 47.3 Å². The molecule has 114 valence electrons. The molecule has 1 N–H and O–H groups in total. The van der Waals surface area contributed by atoms with Gasteiger partial charge in [0.1, 0.15) is 23.9 Å². The van der Waals surface area contributed by atoms with Gasteiger partial charge >= 0.3 is 0 Å². The molecule has 3 nitrogen and oxygen atoms in total. The maximum atomic E-state index is 5.92. The molecule has 0 aliphatic heterocycles. The molecule has 0 saturated heterocycles. The van der Waals surface area contributed by atoms with Crippen LogP contribution < -0.4 is 10.1 Å². The van der Waals surface area contributed by atoms with E-state index in [-0.39, 0.29) is 0 Å². The van der Waals surface area contributed by atoms with Crippen molar-refractivity contribution in [2.24, 2.45) is 0 Å². The normalized spacial score (nSPS) is 10.9. The maximum Gasteiger partial charge on any atom is 0.122 e. The topological polar surface area (TPSA) is 34.4 Å². The molecule has 0 bridgehead atoms. The Kier molecular flexibility index (Phi) is 5.45. The highest BCUT2D eigenvalue weighted by Crippen LogP contribution is 2.22. The standard InChI is InChI=1S/C18H25NO2/c1-5-8-19-11-17-10-16(15(4)21-17)12-20-18-7-6-13(2)9-14(18)3/h6-7,9-10,19H,5,8,11-12H2,1-4H3.